The Morgan fingerprint density at radius 2 is 1.69 bits per heavy atom. The van der Waals surface area contributed by atoms with Gasteiger partial charge in [0.1, 0.15) is 18.1 Å². The van der Waals surface area contributed by atoms with Gasteiger partial charge in [-0.15, -0.1) is 10.2 Å². The highest BCUT2D eigenvalue weighted by molar-refractivity contribution is 8.00. The Hall–Kier alpha value is -4.84. The molecule has 1 aliphatic rings. The fourth-order valence-corrected chi connectivity index (χ4v) is 7.33. The van der Waals surface area contributed by atoms with Crippen LogP contribution in [0.3, 0.4) is 0 Å². The Bertz CT molecular complexity index is 1970. The first-order valence-corrected chi connectivity index (χ1v) is 17.1. The largest absolute Gasteiger partial charge is 0.507 e. The minimum absolute atomic E-state index is 0.0916. The summed E-state index contributed by atoms with van der Waals surface area (Å²) in [6.07, 6.45) is 0. The first-order valence-electron chi connectivity index (χ1n) is 15.0. The minimum atomic E-state index is -1.04. The van der Waals surface area contributed by atoms with E-state index in [1.54, 1.807) is 42.5 Å². The van der Waals surface area contributed by atoms with Crippen LogP contribution in [0, 0.1) is 0 Å². The number of methoxy groups -OCH3 is 1. The number of hydrogen-bond acceptors (Lipinski definition) is 10. The molecule has 0 bridgehead atoms. The number of hydrogen-bond donors (Lipinski definition) is 1. The molecule has 1 N–H and O–H groups in total. The topological polar surface area (TPSA) is 111 Å². The van der Waals surface area contributed by atoms with Crippen LogP contribution in [-0.2, 0) is 21.9 Å². The molecule has 0 saturated carbocycles. The lowest BCUT2D eigenvalue weighted by molar-refractivity contribution is -0.132. The van der Waals surface area contributed by atoms with Crippen molar-refractivity contribution in [1.82, 2.24) is 10.2 Å². The number of carbonyl (C=O) groups excluding carboxylic acids is 2. The summed E-state index contributed by atoms with van der Waals surface area (Å²) in [4.78, 5) is 28.8. The molecule has 1 fully saturated rings. The maximum atomic E-state index is 13.8. The average molecular weight is 700 g/mol. The van der Waals surface area contributed by atoms with E-state index in [1.807, 2.05) is 61.5 Å². The van der Waals surface area contributed by atoms with Crippen LogP contribution in [0.25, 0.3) is 5.76 Å². The van der Waals surface area contributed by atoms with Gasteiger partial charge in [-0.3, -0.25) is 14.5 Å². The smallest absolute Gasteiger partial charge is 0.301 e. The molecule has 5 aromatic rings. The Balaban J connectivity index is 1.40. The molecule has 244 valence electrons. The van der Waals surface area contributed by atoms with Crippen molar-refractivity contribution >= 4 is 57.3 Å². The molecule has 1 unspecified atom stereocenters. The predicted molar refractivity (Wildman–Crippen MR) is 187 cm³/mol. The van der Waals surface area contributed by atoms with Crippen molar-refractivity contribution in [2.45, 2.75) is 29.7 Å². The summed E-state index contributed by atoms with van der Waals surface area (Å²) in [6, 6.07) is 28.0. The zero-order valence-corrected chi connectivity index (χ0v) is 28.3. The fourth-order valence-electron chi connectivity index (χ4n) is 5.18. The summed E-state index contributed by atoms with van der Waals surface area (Å²) in [5.41, 5.74) is 2.68. The maximum Gasteiger partial charge on any atom is 0.301 e. The zero-order chi connectivity index (χ0) is 33.6. The molecule has 2 heterocycles. The molecule has 0 radical (unpaired) electrons. The fraction of sp³-hybridized carbons (Fsp3) is 0.167. The number of anilines is 1. The van der Waals surface area contributed by atoms with E-state index in [1.165, 1.54) is 35.1 Å². The number of aromatic nitrogens is 2. The van der Waals surface area contributed by atoms with Crippen molar-refractivity contribution in [3.05, 3.63) is 130 Å². The number of carbonyl (C=O) groups is 2. The monoisotopic (exact) mass is 699 g/mol. The molecule has 0 aliphatic carbocycles. The highest BCUT2D eigenvalue weighted by Gasteiger charge is 2.48. The van der Waals surface area contributed by atoms with E-state index in [4.69, 9.17) is 25.8 Å². The van der Waals surface area contributed by atoms with Crippen LogP contribution in [0.4, 0.5) is 5.13 Å². The Kier molecular flexibility index (Phi) is 10.3. The van der Waals surface area contributed by atoms with Gasteiger partial charge in [0.15, 0.2) is 15.8 Å². The summed E-state index contributed by atoms with van der Waals surface area (Å²) in [5, 5.41) is 21.0. The third kappa shape index (κ3) is 7.03. The van der Waals surface area contributed by atoms with Gasteiger partial charge in [0.2, 0.25) is 5.13 Å². The SMILES string of the molecule is CCOc1cc(C2C(=C(O)c3ccc(OC)cc3)C(=O)C(=O)N2c2nnc(SCc3ccccc3Cl)s2)ccc1OCc1ccccc1. The number of rotatable bonds is 12. The van der Waals surface area contributed by atoms with Crippen LogP contribution in [0.5, 0.6) is 17.2 Å². The number of ether oxygens (including phenoxy) is 3. The summed E-state index contributed by atoms with van der Waals surface area (Å²) in [5.74, 6) is 0.0126. The Morgan fingerprint density at radius 3 is 2.42 bits per heavy atom. The number of aliphatic hydroxyl groups is 1. The lowest BCUT2D eigenvalue weighted by Crippen LogP contribution is -2.29. The predicted octanol–water partition coefficient (Wildman–Crippen LogP) is 8.10. The zero-order valence-electron chi connectivity index (χ0n) is 26.0. The van der Waals surface area contributed by atoms with Gasteiger partial charge in [-0.25, -0.2) is 0 Å². The summed E-state index contributed by atoms with van der Waals surface area (Å²) < 4.78 is 17.9. The molecule has 1 aliphatic heterocycles. The second-order valence-electron chi connectivity index (χ2n) is 10.5. The molecule has 0 spiro atoms. The number of Topliss-reactive ketones (excluding diaryl/α,β-unsaturated/α-hetero) is 1. The molecule has 1 amide bonds. The Morgan fingerprint density at radius 1 is 0.938 bits per heavy atom. The molecule has 9 nitrogen and oxygen atoms in total. The molecule has 4 aromatic carbocycles. The van der Waals surface area contributed by atoms with Gasteiger partial charge in [0.05, 0.1) is 25.3 Å². The van der Waals surface area contributed by atoms with Crippen LogP contribution >= 0.6 is 34.7 Å². The van der Waals surface area contributed by atoms with E-state index in [-0.39, 0.29) is 16.5 Å². The first-order chi connectivity index (χ1) is 23.4. The molecule has 12 heteroatoms. The number of amides is 1. The van der Waals surface area contributed by atoms with Crippen LogP contribution in [0.2, 0.25) is 5.02 Å². The van der Waals surface area contributed by atoms with Crippen molar-refractivity contribution in [2.24, 2.45) is 0 Å². The second kappa shape index (κ2) is 14.9. The number of aliphatic hydroxyl groups excluding tert-OH is 1. The van der Waals surface area contributed by atoms with Gasteiger partial charge in [-0.1, -0.05) is 89.3 Å². The van der Waals surface area contributed by atoms with E-state index < -0.39 is 17.7 Å². The summed E-state index contributed by atoms with van der Waals surface area (Å²) in [7, 11) is 1.53. The molecule has 1 saturated heterocycles. The number of thioether (sulfide) groups is 1. The minimum Gasteiger partial charge on any atom is -0.507 e. The third-order valence-corrected chi connectivity index (χ3v) is 10.0. The lowest BCUT2D eigenvalue weighted by atomic mass is 9.95. The molecule has 6 rings (SSSR count). The summed E-state index contributed by atoms with van der Waals surface area (Å²) in [6.45, 7) is 2.52. The van der Waals surface area contributed by atoms with Gasteiger partial charge in [-0.05, 0) is 66.1 Å². The molecule has 1 atom stereocenters. The van der Waals surface area contributed by atoms with Crippen LogP contribution in [0.1, 0.15) is 35.2 Å². The van der Waals surface area contributed by atoms with Crippen molar-refractivity contribution in [3.8, 4) is 17.2 Å². The van der Waals surface area contributed by atoms with E-state index in [0.29, 0.717) is 56.7 Å². The second-order valence-corrected chi connectivity index (χ2v) is 13.1. The van der Waals surface area contributed by atoms with Crippen molar-refractivity contribution in [2.75, 3.05) is 18.6 Å². The van der Waals surface area contributed by atoms with Crippen LogP contribution < -0.4 is 19.1 Å². The maximum absolute atomic E-state index is 13.8. The lowest BCUT2D eigenvalue weighted by Gasteiger charge is -2.23. The quantitative estimate of drug-likeness (QED) is 0.0454. The Labute approximate surface area is 290 Å². The van der Waals surface area contributed by atoms with Gasteiger partial charge in [0.25, 0.3) is 5.78 Å². The highest BCUT2D eigenvalue weighted by atomic mass is 35.5. The molecular weight excluding hydrogens is 670 g/mol. The van der Waals surface area contributed by atoms with Crippen molar-refractivity contribution in [1.29, 1.82) is 0 Å². The summed E-state index contributed by atoms with van der Waals surface area (Å²) >= 11 is 8.93. The van der Waals surface area contributed by atoms with Gasteiger partial charge >= 0.3 is 5.91 Å². The van der Waals surface area contributed by atoms with E-state index >= 15 is 0 Å². The molecule has 48 heavy (non-hydrogen) atoms. The van der Waals surface area contributed by atoms with E-state index in [0.717, 1.165) is 11.1 Å². The highest BCUT2D eigenvalue weighted by Crippen LogP contribution is 2.46. The van der Waals surface area contributed by atoms with Crippen LogP contribution in [-0.4, -0.2) is 40.7 Å². The van der Waals surface area contributed by atoms with Crippen LogP contribution in [0.15, 0.2) is 107 Å². The van der Waals surface area contributed by atoms with Gasteiger partial charge in [0, 0.05) is 16.3 Å². The first kappa shape index (κ1) is 33.1. The van der Waals surface area contributed by atoms with E-state index in [2.05, 4.69) is 10.2 Å². The number of nitrogens with zero attached hydrogens (tertiary/aromatic N) is 3. The number of halogens is 1. The van der Waals surface area contributed by atoms with Gasteiger partial charge in [-0.2, -0.15) is 0 Å². The van der Waals surface area contributed by atoms with Gasteiger partial charge < -0.3 is 19.3 Å². The molecular formula is C36H30ClN3O6S2. The van der Waals surface area contributed by atoms with E-state index in [9.17, 15) is 14.7 Å². The third-order valence-electron chi connectivity index (χ3n) is 7.54. The number of ketones is 1. The number of benzene rings is 4. The average Bonchev–Trinajstić information content (AvgIpc) is 3.69. The van der Waals surface area contributed by atoms with Crippen molar-refractivity contribution < 1.29 is 28.9 Å². The molecule has 1 aromatic heterocycles. The normalized spacial score (nSPS) is 15.5. The standard InChI is InChI=1S/C36H30ClN3O6S2/c1-3-45-29-19-24(15-18-28(29)46-20-22-9-5-4-6-10-22)31-30(32(41)23-13-16-26(44-2)17-14-23)33(42)34(43)40(31)35-38-39-36(48-35)47-21-25-11-7-8-12-27(25)37/h4-19,31,41H,3,20-21H2,1-2H3. The van der Waals surface area contributed by atoms with Crippen molar-refractivity contribution in [3.63, 3.8) is 0 Å².